The Balaban J connectivity index is 2.52. The first kappa shape index (κ1) is 16.9. The van der Waals surface area contributed by atoms with Crippen LogP contribution in [0.25, 0.3) is 5.82 Å². The van der Waals surface area contributed by atoms with Crippen LogP contribution >= 0.6 is 0 Å². The van der Waals surface area contributed by atoms with E-state index in [1.165, 1.54) is 23.2 Å². The summed E-state index contributed by atoms with van der Waals surface area (Å²) in [6.07, 6.45) is -1.02. The number of nitrogens with zero attached hydrogens (tertiary/aromatic N) is 5. The predicted molar refractivity (Wildman–Crippen MR) is 75.7 cm³/mol. The minimum atomic E-state index is -4.59. The van der Waals surface area contributed by atoms with E-state index in [4.69, 9.17) is 0 Å². The Hall–Kier alpha value is -2.43. The van der Waals surface area contributed by atoms with Crippen molar-refractivity contribution in [3.63, 3.8) is 0 Å². The molecule has 2 heterocycles. The highest BCUT2D eigenvalue weighted by atomic mass is 32.2. The van der Waals surface area contributed by atoms with Crippen LogP contribution in [0.15, 0.2) is 40.0 Å². The second-order valence-electron chi connectivity index (χ2n) is 4.66. The normalized spacial score (nSPS) is 12.7. The molecule has 0 atom stereocenters. The number of hydrogen-bond donors (Lipinski definition) is 0. The lowest BCUT2D eigenvalue weighted by Gasteiger charge is -2.07. The molecule has 2 aromatic rings. The number of alkyl halides is 3. The Bertz CT molecular complexity index is 827. The summed E-state index contributed by atoms with van der Waals surface area (Å²) in [7, 11) is -0.986. The van der Waals surface area contributed by atoms with E-state index in [0.29, 0.717) is 12.4 Å². The van der Waals surface area contributed by atoms with E-state index >= 15 is 0 Å². The van der Waals surface area contributed by atoms with Gasteiger partial charge in [-0.3, -0.25) is 0 Å². The topological polar surface area (TPSA) is 80.5 Å². The lowest BCUT2D eigenvalue weighted by molar-refractivity contribution is -0.137. The maximum Gasteiger partial charge on any atom is 0.419 e. The smallest absolute Gasteiger partial charge is 0.368 e. The van der Waals surface area contributed by atoms with Gasteiger partial charge in [0.15, 0.2) is 5.82 Å². The molecule has 0 unspecified atom stereocenters. The molecular weight excluding hydrogens is 335 g/mol. The molecule has 0 aliphatic rings. The molecule has 124 valence electrons. The molecule has 7 nitrogen and oxygen atoms in total. The first-order chi connectivity index (χ1) is 10.6. The summed E-state index contributed by atoms with van der Waals surface area (Å²) in [6, 6.07) is 2.54. The monoisotopic (exact) mass is 347 g/mol. The van der Waals surface area contributed by atoms with Crippen molar-refractivity contribution in [3.05, 3.63) is 36.3 Å². The van der Waals surface area contributed by atoms with Crippen molar-refractivity contribution in [2.75, 3.05) is 14.1 Å². The van der Waals surface area contributed by atoms with Crippen LogP contribution in [0, 0.1) is 0 Å². The molecule has 0 radical (unpaired) electrons. The average molecular weight is 347 g/mol. The van der Waals surface area contributed by atoms with Crippen molar-refractivity contribution < 1.29 is 21.6 Å². The van der Waals surface area contributed by atoms with Gasteiger partial charge in [0.05, 0.1) is 11.8 Å². The number of pyridine rings is 1. The Morgan fingerprint density at radius 2 is 2.04 bits per heavy atom. The van der Waals surface area contributed by atoms with Crippen molar-refractivity contribution in [3.8, 4) is 5.82 Å². The van der Waals surface area contributed by atoms with Gasteiger partial charge < -0.3 is 4.90 Å². The van der Waals surface area contributed by atoms with Gasteiger partial charge in [-0.25, -0.2) is 9.67 Å². The maximum atomic E-state index is 12.6. The highest BCUT2D eigenvalue weighted by Crippen LogP contribution is 2.29. The molecule has 0 N–H and O–H groups in total. The van der Waals surface area contributed by atoms with Crippen LogP contribution in [0.2, 0.25) is 0 Å². The van der Waals surface area contributed by atoms with Crippen LogP contribution < -0.4 is 0 Å². The molecule has 0 aliphatic carbocycles. The number of aromatic nitrogens is 3. The fourth-order valence-corrected chi connectivity index (χ4v) is 2.61. The average Bonchev–Trinajstić information content (AvgIpc) is 2.95. The van der Waals surface area contributed by atoms with E-state index in [1.807, 2.05) is 0 Å². The molecule has 0 saturated heterocycles. The predicted octanol–water partition coefficient (Wildman–Crippen LogP) is 1.56. The number of halogens is 3. The summed E-state index contributed by atoms with van der Waals surface area (Å²) in [5.41, 5.74) is -1.01. The van der Waals surface area contributed by atoms with Gasteiger partial charge in [0.25, 0.3) is 10.0 Å². The summed E-state index contributed by atoms with van der Waals surface area (Å²) in [6.45, 7) is 0. The van der Waals surface area contributed by atoms with Crippen LogP contribution in [0.4, 0.5) is 13.2 Å². The van der Waals surface area contributed by atoms with E-state index in [9.17, 15) is 21.6 Å². The number of rotatable bonds is 4. The summed E-state index contributed by atoms with van der Waals surface area (Å²) >= 11 is 0. The molecule has 0 saturated carbocycles. The largest absolute Gasteiger partial charge is 0.419 e. The third-order valence-electron chi connectivity index (χ3n) is 2.57. The summed E-state index contributed by atoms with van der Waals surface area (Å²) in [5.74, 6) is -0.265. The standard InChI is InChI=1S/C12H12F3N5O2S/c1-19(2)8-18-23(21,22)10-4-3-5-16-11(10)20-7-9(6-17-20)12(13,14)15/h3-8H,1-2H3. The van der Waals surface area contributed by atoms with Gasteiger partial charge in [0, 0.05) is 26.5 Å². The molecule has 0 amide bonds. The molecular formula is C12H12F3N5O2S. The van der Waals surface area contributed by atoms with Gasteiger partial charge in [-0.05, 0) is 12.1 Å². The second kappa shape index (κ2) is 5.99. The summed E-state index contributed by atoms with van der Waals surface area (Å²) in [4.78, 5) is 4.86. The van der Waals surface area contributed by atoms with Gasteiger partial charge in [0.1, 0.15) is 11.2 Å². The van der Waals surface area contributed by atoms with Crippen LogP contribution in [-0.2, 0) is 16.2 Å². The lowest BCUT2D eigenvalue weighted by Crippen LogP contribution is -2.12. The molecule has 0 aromatic carbocycles. The number of hydrogen-bond acceptors (Lipinski definition) is 4. The molecule has 0 spiro atoms. The molecule has 0 aliphatic heterocycles. The first-order valence-electron chi connectivity index (χ1n) is 6.15. The van der Waals surface area contributed by atoms with Gasteiger partial charge in [0.2, 0.25) is 0 Å². The molecule has 2 rings (SSSR count). The Morgan fingerprint density at radius 3 is 2.61 bits per heavy atom. The minimum Gasteiger partial charge on any atom is -0.368 e. The molecule has 2 aromatic heterocycles. The second-order valence-corrected chi connectivity index (χ2v) is 6.26. The van der Waals surface area contributed by atoms with Crippen LogP contribution in [-0.4, -0.2) is 48.5 Å². The zero-order chi connectivity index (χ0) is 17.3. The zero-order valence-corrected chi connectivity index (χ0v) is 12.9. The minimum absolute atomic E-state index is 0.265. The van der Waals surface area contributed by atoms with E-state index in [0.717, 1.165) is 11.0 Å². The highest BCUT2D eigenvalue weighted by Gasteiger charge is 2.33. The SMILES string of the molecule is CN(C)C=NS(=O)(=O)c1cccnc1-n1cc(C(F)(F)F)cn1. The van der Waals surface area contributed by atoms with E-state index in [2.05, 4.69) is 14.5 Å². The van der Waals surface area contributed by atoms with E-state index in [-0.39, 0.29) is 10.7 Å². The molecule has 0 fully saturated rings. The quantitative estimate of drug-likeness (QED) is 0.619. The Morgan fingerprint density at radius 1 is 1.35 bits per heavy atom. The lowest BCUT2D eigenvalue weighted by atomic mass is 10.3. The Labute approximate surface area is 130 Å². The maximum absolute atomic E-state index is 12.6. The van der Waals surface area contributed by atoms with Crippen LogP contribution in [0.3, 0.4) is 0 Å². The van der Waals surface area contributed by atoms with E-state index in [1.54, 1.807) is 14.1 Å². The zero-order valence-electron chi connectivity index (χ0n) is 12.1. The number of sulfonamides is 1. The highest BCUT2D eigenvalue weighted by molar-refractivity contribution is 7.90. The summed E-state index contributed by atoms with van der Waals surface area (Å²) in [5, 5.41) is 3.53. The van der Waals surface area contributed by atoms with Crippen LogP contribution in [0.5, 0.6) is 0 Å². The van der Waals surface area contributed by atoms with Gasteiger partial charge in [-0.2, -0.15) is 26.7 Å². The van der Waals surface area contributed by atoms with Gasteiger partial charge in [-0.15, -0.1) is 4.40 Å². The third-order valence-corrected chi connectivity index (χ3v) is 3.82. The van der Waals surface area contributed by atoms with Crippen LogP contribution in [0.1, 0.15) is 5.56 Å². The molecule has 23 heavy (non-hydrogen) atoms. The van der Waals surface area contributed by atoms with Crippen molar-refractivity contribution in [1.29, 1.82) is 0 Å². The fourth-order valence-electron chi connectivity index (χ4n) is 1.55. The van der Waals surface area contributed by atoms with Gasteiger partial charge >= 0.3 is 6.18 Å². The first-order valence-corrected chi connectivity index (χ1v) is 7.59. The third kappa shape index (κ3) is 3.86. The summed E-state index contributed by atoms with van der Waals surface area (Å²) < 4.78 is 66.5. The molecule has 11 heteroatoms. The Kier molecular flexibility index (Phi) is 4.41. The van der Waals surface area contributed by atoms with Crippen molar-refractivity contribution in [2.24, 2.45) is 4.40 Å². The van der Waals surface area contributed by atoms with Crippen molar-refractivity contribution in [2.45, 2.75) is 11.1 Å². The molecule has 0 bridgehead atoms. The van der Waals surface area contributed by atoms with Crippen molar-refractivity contribution in [1.82, 2.24) is 19.7 Å². The van der Waals surface area contributed by atoms with Gasteiger partial charge in [-0.1, -0.05) is 0 Å². The van der Waals surface area contributed by atoms with E-state index < -0.39 is 21.8 Å². The van der Waals surface area contributed by atoms with Crippen molar-refractivity contribution >= 4 is 16.4 Å². The fraction of sp³-hybridized carbons (Fsp3) is 0.250.